The second-order valence-corrected chi connectivity index (χ2v) is 7.70. The highest BCUT2D eigenvalue weighted by Crippen LogP contribution is 2.40. The van der Waals surface area contributed by atoms with E-state index in [2.05, 4.69) is 39.5 Å². The first-order chi connectivity index (χ1) is 13.2. The number of benzene rings is 2. The Morgan fingerprint density at radius 2 is 1.78 bits per heavy atom. The van der Waals surface area contributed by atoms with Crippen molar-refractivity contribution >= 4 is 38.0 Å². The Bertz CT molecular complexity index is 1190. The summed E-state index contributed by atoms with van der Waals surface area (Å²) in [4.78, 5) is 17.6. The van der Waals surface area contributed by atoms with Gasteiger partial charge in [-0.2, -0.15) is 0 Å². The maximum absolute atomic E-state index is 12.3. The van der Waals surface area contributed by atoms with Gasteiger partial charge in [0.15, 0.2) is 0 Å². The average Bonchev–Trinajstić information content (AvgIpc) is 3.20. The minimum absolute atomic E-state index is 0.0850. The summed E-state index contributed by atoms with van der Waals surface area (Å²) < 4.78 is 0.687. The fourth-order valence-corrected chi connectivity index (χ4v) is 4.69. The second-order valence-electron chi connectivity index (χ2n) is 6.78. The lowest BCUT2D eigenvalue weighted by molar-refractivity contribution is 0.478. The molecule has 5 rings (SSSR count). The number of thiophene rings is 1. The SMILES string of the molecule is O=c1[nH]c2ccc(O)c(-c3ccc(N4CCNCC4)cc3)c2c2ccsc12. The van der Waals surface area contributed by atoms with Gasteiger partial charge in [0.2, 0.25) is 0 Å². The van der Waals surface area contributed by atoms with Gasteiger partial charge in [-0.15, -0.1) is 11.3 Å². The number of H-pyrrole nitrogens is 1. The van der Waals surface area contributed by atoms with Crippen molar-refractivity contribution in [3.63, 3.8) is 0 Å². The maximum Gasteiger partial charge on any atom is 0.266 e. The average molecular weight is 377 g/mol. The number of rotatable bonds is 2. The third-order valence-electron chi connectivity index (χ3n) is 5.21. The molecule has 6 heteroatoms. The van der Waals surface area contributed by atoms with Gasteiger partial charge in [-0.1, -0.05) is 12.1 Å². The molecule has 0 aliphatic carbocycles. The van der Waals surface area contributed by atoms with Crippen LogP contribution in [0.4, 0.5) is 5.69 Å². The van der Waals surface area contributed by atoms with E-state index in [0.29, 0.717) is 4.70 Å². The molecule has 27 heavy (non-hydrogen) atoms. The summed E-state index contributed by atoms with van der Waals surface area (Å²) >= 11 is 1.42. The van der Waals surface area contributed by atoms with Crippen molar-refractivity contribution in [2.24, 2.45) is 0 Å². The van der Waals surface area contributed by atoms with Crippen LogP contribution in [0.15, 0.2) is 52.6 Å². The number of hydrogen-bond donors (Lipinski definition) is 3. The molecule has 3 N–H and O–H groups in total. The number of hydrogen-bond acceptors (Lipinski definition) is 5. The predicted octanol–water partition coefficient (Wildman–Crippen LogP) is 3.53. The summed E-state index contributed by atoms with van der Waals surface area (Å²) in [7, 11) is 0. The number of phenolic OH excluding ortho intramolecular Hbond substituents is 1. The van der Waals surface area contributed by atoms with Crippen molar-refractivity contribution in [2.45, 2.75) is 0 Å². The summed E-state index contributed by atoms with van der Waals surface area (Å²) in [5.41, 5.74) is 3.55. The number of nitrogens with one attached hydrogen (secondary N) is 2. The van der Waals surface area contributed by atoms with Crippen LogP contribution in [0.25, 0.3) is 32.1 Å². The Hall–Kier alpha value is -2.83. The molecule has 1 aliphatic heterocycles. The van der Waals surface area contributed by atoms with Crippen LogP contribution in [0.5, 0.6) is 5.75 Å². The van der Waals surface area contributed by atoms with Gasteiger partial charge in [-0.05, 0) is 41.3 Å². The first-order valence-corrected chi connectivity index (χ1v) is 9.91. The first-order valence-electron chi connectivity index (χ1n) is 9.03. The van der Waals surface area contributed by atoms with Crippen molar-refractivity contribution in [1.82, 2.24) is 10.3 Å². The lowest BCUT2D eigenvalue weighted by Crippen LogP contribution is -2.43. The van der Waals surface area contributed by atoms with Gasteiger partial charge in [-0.25, -0.2) is 0 Å². The number of anilines is 1. The zero-order chi connectivity index (χ0) is 18.4. The Balaban J connectivity index is 1.69. The monoisotopic (exact) mass is 377 g/mol. The number of aromatic amines is 1. The van der Waals surface area contributed by atoms with E-state index in [0.717, 1.165) is 53.6 Å². The van der Waals surface area contributed by atoms with E-state index in [1.165, 1.54) is 17.0 Å². The Kier molecular flexibility index (Phi) is 3.88. The van der Waals surface area contributed by atoms with Crippen molar-refractivity contribution in [2.75, 3.05) is 31.1 Å². The van der Waals surface area contributed by atoms with E-state index >= 15 is 0 Å². The zero-order valence-electron chi connectivity index (χ0n) is 14.7. The van der Waals surface area contributed by atoms with Gasteiger partial charge in [0.25, 0.3) is 5.56 Å². The van der Waals surface area contributed by atoms with Gasteiger partial charge in [0, 0.05) is 53.7 Å². The quantitative estimate of drug-likeness (QED) is 0.500. The first kappa shape index (κ1) is 16.4. The molecule has 0 bridgehead atoms. The lowest BCUT2D eigenvalue weighted by Gasteiger charge is -2.29. The molecule has 0 unspecified atom stereocenters. The Morgan fingerprint density at radius 3 is 2.56 bits per heavy atom. The molecule has 4 aromatic rings. The summed E-state index contributed by atoms with van der Waals surface area (Å²) in [6.45, 7) is 3.98. The summed E-state index contributed by atoms with van der Waals surface area (Å²) in [6.07, 6.45) is 0. The van der Waals surface area contributed by atoms with Crippen LogP contribution in [0.1, 0.15) is 0 Å². The third-order valence-corrected chi connectivity index (χ3v) is 6.12. The topological polar surface area (TPSA) is 68.4 Å². The number of aromatic hydroxyl groups is 1. The maximum atomic E-state index is 12.3. The van der Waals surface area contributed by atoms with Gasteiger partial charge >= 0.3 is 0 Å². The number of piperazine rings is 1. The molecule has 3 heterocycles. The van der Waals surface area contributed by atoms with Crippen LogP contribution in [-0.2, 0) is 0 Å². The fraction of sp³-hybridized carbons (Fsp3) is 0.190. The normalized spacial score (nSPS) is 14.9. The van der Waals surface area contributed by atoms with E-state index in [4.69, 9.17) is 0 Å². The standard InChI is InChI=1S/C21H19N3O2S/c25-17-6-5-16-19(15-7-12-27-20(15)21(26)23-16)18(17)13-1-3-14(4-2-13)24-10-8-22-9-11-24/h1-7,12,22,25H,8-11H2,(H,23,26). The molecule has 0 spiro atoms. The summed E-state index contributed by atoms with van der Waals surface area (Å²) in [5.74, 6) is 0.219. The number of phenols is 1. The highest BCUT2D eigenvalue weighted by atomic mass is 32.1. The van der Waals surface area contributed by atoms with Crippen LogP contribution in [0.3, 0.4) is 0 Å². The molecule has 136 valence electrons. The number of aromatic nitrogens is 1. The molecule has 2 aromatic carbocycles. The highest BCUT2D eigenvalue weighted by Gasteiger charge is 2.16. The minimum atomic E-state index is -0.0850. The molecule has 0 atom stereocenters. The van der Waals surface area contributed by atoms with Crippen molar-refractivity contribution in [3.05, 3.63) is 58.2 Å². The van der Waals surface area contributed by atoms with Crippen LogP contribution in [-0.4, -0.2) is 36.3 Å². The van der Waals surface area contributed by atoms with Crippen LogP contribution < -0.4 is 15.8 Å². The van der Waals surface area contributed by atoms with E-state index < -0.39 is 0 Å². The Labute approximate surface area is 159 Å². The van der Waals surface area contributed by atoms with E-state index in [1.54, 1.807) is 12.1 Å². The minimum Gasteiger partial charge on any atom is -0.507 e. The van der Waals surface area contributed by atoms with Crippen LogP contribution in [0, 0.1) is 0 Å². The summed E-state index contributed by atoms with van der Waals surface area (Å²) in [5, 5.41) is 17.7. The summed E-state index contributed by atoms with van der Waals surface area (Å²) in [6, 6.07) is 13.7. The molecule has 1 fully saturated rings. The van der Waals surface area contributed by atoms with E-state index in [1.807, 2.05) is 11.4 Å². The molecule has 2 aromatic heterocycles. The largest absolute Gasteiger partial charge is 0.507 e. The number of nitrogens with zero attached hydrogens (tertiary/aromatic N) is 1. The van der Waals surface area contributed by atoms with E-state index in [9.17, 15) is 9.90 Å². The molecule has 0 radical (unpaired) electrons. The molecule has 0 amide bonds. The van der Waals surface area contributed by atoms with E-state index in [-0.39, 0.29) is 11.3 Å². The van der Waals surface area contributed by atoms with Crippen LogP contribution in [0.2, 0.25) is 0 Å². The van der Waals surface area contributed by atoms with Crippen molar-refractivity contribution in [1.29, 1.82) is 0 Å². The smallest absolute Gasteiger partial charge is 0.266 e. The van der Waals surface area contributed by atoms with Crippen LogP contribution >= 0.6 is 11.3 Å². The predicted molar refractivity (Wildman–Crippen MR) is 112 cm³/mol. The van der Waals surface area contributed by atoms with Gasteiger partial charge in [0.05, 0.1) is 0 Å². The number of pyridine rings is 1. The molecular formula is C21H19N3O2S. The van der Waals surface area contributed by atoms with Crippen molar-refractivity contribution in [3.8, 4) is 16.9 Å². The highest BCUT2D eigenvalue weighted by molar-refractivity contribution is 7.17. The van der Waals surface area contributed by atoms with Gasteiger partial charge in [-0.3, -0.25) is 4.79 Å². The fourth-order valence-electron chi connectivity index (χ4n) is 3.89. The second kappa shape index (κ2) is 6.40. The van der Waals surface area contributed by atoms with Gasteiger partial charge in [0.1, 0.15) is 10.4 Å². The molecule has 1 saturated heterocycles. The molecule has 5 nitrogen and oxygen atoms in total. The van der Waals surface area contributed by atoms with Gasteiger partial charge < -0.3 is 20.3 Å². The third kappa shape index (κ3) is 2.69. The van der Waals surface area contributed by atoms with Crippen molar-refractivity contribution < 1.29 is 5.11 Å². The number of fused-ring (bicyclic) bond motifs is 3. The Morgan fingerprint density at radius 1 is 1.00 bits per heavy atom. The molecule has 1 aliphatic rings. The lowest BCUT2D eigenvalue weighted by atomic mass is 9.97. The molecule has 0 saturated carbocycles. The zero-order valence-corrected chi connectivity index (χ0v) is 15.5. The molecular weight excluding hydrogens is 358 g/mol.